The summed E-state index contributed by atoms with van der Waals surface area (Å²) in [5.74, 6) is 0.178. The van der Waals surface area contributed by atoms with Crippen LogP contribution in [0.1, 0.15) is 52.7 Å². The smallest absolute Gasteiger partial charge is 0.335 e. The van der Waals surface area contributed by atoms with E-state index in [1.54, 1.807) is 12.1 Å². The highest BCUT2D eigenvalue weighted by atomic mass is 16.5. The number of hydrogen-bond acceptors (Lipinski definition) is 5. The first-order valence-electron chi connectivity index (χ1n) is 9.68. The summed E-state index contributed by atoms with van der Waals surface area (Å²) in [7, 11) is 0. The number of quaternary nitrogens is 1. The fraction of sp³-hybridized carbons (Fsp3) is 0.348. The second-order valence-corrected chi connectivity index (χ2v) is 9.38. The van der Waals surface area contributed by atoms with Gasteiger partial charge in [0.25, 0.3) is 0 Å². The SMILES string of the molecule is C=CC(=O)Oc1ccc2c(c1)[NH+](Nc1cc(C(C)(C)C)cc(C(C)(C)C)c1O)N2. The van der Waals surface area contributed by atoms with Crippen LogP contribution < -0.4 is 20.7 Å². The lowest BCUT2D eigenvalue weighted by atomic mass is 9.80. The second kappa shape index (κ2) is 7.12. The monoisotopic (exact) mass is 396 g/mol. The number of carbonyl (C=O) groups excluding carboxylic acids is 1. The molecule has 1 atom stereocenters. The molecule has 0 saturated carbocycles. The Balaban J connectivity index is 1.94. The molecule has 1 heterocycles. The molecule has 6 heteroatoms. The molecule has 1 unspecified atom stereocenters. The number of phenols is 1. The third-order valence-corrected chi connectivity index (χ3v) is 4.95. The van der Waals surface area contributed by atoms with Crippen LogP contribution in [0.15, 0.2) is 43.0 Å². The Morgan fingerprint density at radius 1 is 1.14 bits per heavy atom. The number of benzene rings is 2. The largest absolute Gasteiger partial charge is 0.505 e. The van der Waals surface area contributed by atoms with E-state index in [4.69, 9.17) is 4.74 Å². The predicted octanol–water partition coefficient (Wildman–Crippen LogP) is 3.96. The van der Waals surface area contributed by atoms with Gasteiger partial charge in [-0.1, -0.05) is 54.2 Å². The van der Waals surface area contributed by atoms with Crippen LogP contribution >= 0.6 is 0 Å². The highest BCUT2D eigenvalue weighted by Gasteiger charge is 2.32. The zero-order chi connectivity index (χ0) is 21.6. The van der Waals surface area contributed by atoms with E-state index in [2.05, 4.69) is 65.0 Å². The average molecular weight is 397 g/mol. The minimum atomic E-state index is -0.503. The van der Waals surface area contributed by atoms with Crippen LogP contribution in [-0.2, 0) is 15.6 Å². The molecule has 0 aliphatic carbocycles. The van der Waals surface area contributed by atoms with Crippen molar-refractivity contribution in [1.82, 2.24) is 0 Å². The molecule has 1 aliphatic heterocycles. The van der Waals surface area contributed by atoms with E-state index in [1.165, 1.54) is 0 Å². The maximum atomic E-state index is 11.5. The van der Waals surface area contributed by atoms with Gasteiger partial charge in [-0.3, -0.25) is 0 Å². The van der Waals surface area contributed by atoms with Gasteiger partial charge in [0.05, 0.1) is 0 Å². The fourth-order valence-electron chi connectivity index (χ4n) is 3.17. The van der Waals surface area contributed by atoms with Gasteiger partial charge in [-0.05, 0) is 34.6 Å². The Hall–Kier alpha value is -2.99. The summed E-state index contributed by atoms with van der Waals surface area (Å²) in [6, 6.07) is 9.42. The summed E-state index contributed by atoms with van der Waals surface area (Å²) in [5.41, 5.74) is 10.8. The number of anilines is 2. The molecule has 2 aromatic carbocycles. The maximum absolute atomic E-state index is 11.5. The molecular formula is C23H30N3O3+. The fourth-order valence-corrected chi connectivity index (χ4v) is 3.17. The number of carbonyl (C=O) groups is 1. The minimum Gasteiger partial charge on any atom is -0.505 e. The molecule has 3 rings (SSSR count). The van der Waals surface area contributed by atoms with E-state index < -0.39 is 5.97 Å². The quantitative estimate of drug-likeness (QED) is 0.272. The molecule has 0 bridgehead atoms. The summed E-state index contributed by atoms with van der Waals surface area (Å²) >= 11 is 0. The molecule has 0 amide bonds. The van der Waals surface area contributed by atoms with Gasteiger partial charge in [-0.25, -0.2) is 15.6 Å². The third kappa shape index (κ3) is 4.22. The van der Waals surface area contributed by atoms with Crippen molar-refractivity contribution in [2.75, 3.05) is 10.9 Å². The van der Waals surface area contributed by atoms with Crippen LogP contribution in [0.4, 0.5) is 17.1 Å². The number of phenolic OH excluding ortho intramolecular Hbond substituents is 1. The second-order valence-electron chi connectivity index (χ2n) is 9.38. The van der Waals surface area contributed by atoms with Crippen molar-refractivity contribution in [1.29, 1.82) is 0 Å². The summed E-state index contributed by atoms with van der Waals surface area (Å²) in [6.07, 6.45) is 1.13. The zero-order valence-corrected chi connectivity index (χ0v) is 17.9. The first-order chi connectivity index (χ1) is 13.4. The molecule has 0 aromatic heterocycles. The van der Waals surface area contributed by atoms with E-state index >= 15 is 0 Å². The molecule has 1 aliphatic rings. The minimum absolute atomic E-state index is 0.0637. The summed E-state index contributed by atoms with van der Waals surface area (Å²) in [6.45, 7) is 16.1. The third-order valence-electron chi connectivity index (χ3n) is 4.95. The first kappa shape index (κ1) is 20.7. The molecule has 6 nitrogen and oxygen atoms in total. The van der Waals surface area contributed by atoms with Crippen molar-refractivity contribution in [3.05, 3.63) is 54.1 Å². The number of fused-ring (bicyclic) bond motifs is 1. The van der Waals surface area contributed by atoms with Crippen LogP contribution in [0.2, 0.25) is 0 Å². The van der Waals surface area contributed by atoms with E-state index in [0.29, 0.717) is 11.4 Å². The lowest BCUT2D eigenvalue weighted by Gasteiger charge is -2.32. The zero-order valence-electron chi connectivity index (χ0n) is 17.9. The molecule has 0 saturated heterocycles. The Labute approximate surface area is 172 Å². The molecule has 0 fully saturated rings. The number of rotatable bonds is 4. The lowest BCUT2D eigenvalue weighted by molar-refractivity contribution is -0.799. The van der Waals surface area contributed by atoms with Crippen molar-refractivity contribution in [2.24, 2.45) is 0 Å². The lowest BCUT2D eigenvalue weighted by Crippen LogP contribution is -3.18. The topological polar surface area (TPSA) is 75.0 Å². The van der Waals surface area contributed by atoms with Crippen LogP contribution in [-0.4, -0.2) is 11.1 Å². The molecule has 29 heavy (non-hydrogen) atoms. The number of aromatic hydroxyl groups is 1. The van der Waals surface area contributed by atoms with Crippen molar-refractivity contribution in [2.45, 2.75) is 52.4 Å². The van der Waals surface area contributed by atoms with Crippen LogP contribution in [0.25, 0.3) is 0 Å². The van der Waals surface area contributed by atoms with E-state index in [1.807, 2.05) is 12.1 Å². The molecular weight excluding hydrogens is 366 g/mol. The van der Waals surface area contributed by atoms with Crippen LogP contribution in [0.5, 0.6) is 11.5 Å². The molecule has 2 aromatic rings. The Morgan fingerprint density at radius 3 is 2.41 bits per heavy atom. The first-order valence-corrected chi connectivity index (χ1v) is 9.68. The number of nitrogens with one attached hydrogen (secondary N) is 3. The Morgan fingerprint density at radius 2 is 1.83 bits per heavy atom. The Bertz CT molecular complexity index is 969. The summed E-state index contributed by atoms with van der Waals surface area (Å²) in [4.78, 5) is 11.5. The summed E-state index contributed by atoms with van der Waals surface area (Å²) < 4.78 is 5.21. The van der Waals surface area contributed by atoms with Crippen molar-refractivity contribution < 1.29 is 19.8 Å². The van der Waals surface area contributed by atoms with Gasteiger partial charge in [-0.2, -0.15) is 0 Å². The van der Waals surface area contributed by atoms with Gasteiger partial charge >= 0.3 is 5.97 Å². The van der Waals surface area contributed by atoms with E-state index in [0.717, 1.165) is 33.7 Å². The van der Waals surface area contributed by atoms with Crippen molar-refractivity contribution in [3.8, 4) is 11.5 Å². The average Bonchev–Trinajstić information content (AvgIpc) is 2.60. The molecule has 154 valence electrons. The van der Waals surface area contributed by atoms with Gasteiger partial charge in [0.15, 0.2) is 5.69 Å². The molecule has 0 radical (unpaired) electrons. The van der Waals surface area contributed by atoms with Crippen LogP contribution in [0.3, 0.4) is 0 Å². The number of hydrogen-bond donors (Lipinski definition) is 4. The molecule has 0 spiro atoms. The van der Waals surface area contributed by atoms with Crippen molar-refractivity contribution in [3.63, 3.8) is 0 Å². The predicted molar refractivity (Wildman–Crippen MR) is 116 cm³/mol. The van der Waals surface area contributed by atoms with E-state index in [9.17, 15) is 9.90 Å². The summed E-state index contributed by atoms with van der Waals surface area (Å²) in [5, 5.41) is 11.7. The number of ether oxygens (including phenoxy) is 1. The standard InChI is InChI=1S/C23H29N3O3/c1-8-20(27)29-15-9-10-17-19(13-15)26(24-17)25-18-12-14(22(2,3)4)11-16(21(18)28)23(5,6)7/h8-13,24-25,28H,1H2,2-7H3/p+1. The highest BCUT2D eigenvalue weighted by Crippen LogP contribution is 2.40. The highest BCUT2D eigenvalue weighted by molar-refractivity contribution is 5.84. The van der Waals surface area contributed by atoms with Gasteiger partial charge in [0.2, 0.25) is 5.69 Å². The molecule has 4 N–H and O–H groups in total. The normalized spacial score (nSPS) is 15.6. The maximum Gasteiger partial charge on any atom is 0.335 e. The number of esters is 1. The van der Waals surface area contributed by atoms with Gasteiger partial charge < -0.3 is 9.84 Å². The van der Waals surface area contributed by atoms with Crippen LogP contribution in [0, 0.1) is 0 Å². The van der Waals surface area contributed by atoms with Gasteiger partial charge in [-0.15, -0.1) is 5.12 Å². The Kier molecular flexibility index (Phi) is 5.09. The van der Waals surface area contributed by atoms with E-state index in [-0.39, 0.29) is 16.6 Å². The van der Waals surface area contributed by atoms with Gasteiger partial charge in [0, 0.05) is 17.7 Å². The van der Waals surface area contributed by atoms with Crippen molar-refractivity contribution >= 4 is 23.0 Å². The van der Waals surface area contributed by atoms with Gasteiger partial charge in [0.1, 0.15) is 17.2 Å².